The van der Waals surface area contributed by atoms with Crippen molar-refractivity contribution in [1.29, 1.82) is 0 Å². The summed E-state index contributed by atoms with van der Waals surface area (Å²) in [6.45, 7) is 0.896. The van der Waals surface area contributed by atoms with Crippen LogP contribution in [0, 0.1) is 0 Å². The third-order valence-corrected chi connectivity index (χ3v) is 2.29. The maximum absolute atomic E-state index is 4.37. The van der Waals surface area contributed by atoms with Gasteiger partial charge in [0.25, 0.3) is 0 Å². The van der Waals surface area contributed by atoms with Crippen molar-refractivity contribution in [2.45, 2.75) is 25.3 Å². The van der Waals surface area contributed by atoms with Crippen molar-refractivity contribution in [3.05, 3.63) is 29.6 Å². The van der Waals surface area contributed by atoms with E-state index in [1.54, 1.807) is 0 Å². The van der Waals surface area contributed by atoms with Gasteiger partial charge in [-0.15, -0.1) is 0 Å². The van der Waals surface area contributed by atoms with Crippen LogP contribution >= 0.6 is 0 Å². The summed E-state index contributed by atoms with van der Waals surface area (Å²) in [7, 11) is 1.96. The summed E-state index contributed by atoms with van der Waals surface area (Å²) in [6.07, 6.45) is 4.57. The van der Waals surface area contributed by atoms with Crippen molar-refractivity contribution < 1.29 is 0 Å². The number of nitrogens with one attached hydrogen (secondary N) is 1. The zero-order chi connectivity index (χ0) is 8.39. The van der Waals surface area contributed by atoms with Crippen LogP contribution in [0.1, 0.15) is 30.0 Å². The lowest BCUT2D eigenvalue weighted by Crippen LogP contribution is -2.09. The molecule has 0 amide bonds. The van der Waals surface area contributed by atoms with E-state index in [1.807, 2.05) is 19.3 Å². The van der Waals surface area contributed by atoms with Crippen LogP contribution in [0.5, 0.6) is 0 Å². The van der Waals surface area contributed by atoms with E-state index in [4.69, 9.17) is 0 Å². The standard InChI is InChI=1S/C10H14N2/c1-11-7-10-9(8-4-5-8)3-2-6-12-10/h2-3,6,8,11H,4-5,7H2,1H3. The molecule has 0 aliphatic heterocycles. The second-order valence-corrected chi connectivity index (χ2v) is 3.34. The van der Waals surface area contributed by atoms with Crippen LogP contribution in [0.25, 0.3) is 0 Å². The summed E-state index contributed by atoms with van der Waals surface area (Å²) in [6, 6.07) is 4.24. The molecule has 1 aliphatic carbocycles. The van der Waals surface area contributed by atoms with Crippen molar-refractivity contribution >= 4 is 0 Å². The molecule has 1 aromatic heterocycles. The fraction of sp³-hybridized carbons (Fsp3) is 0.500. The van der Waals surface area contributed by atoms with Crippen molar-refractivity contribution in [2.75, 3.05) is 7.05 Å². The minimum Gasteiger partial charge on any atom is -0.314 e. The molecule has 0 aromatic carbocycles. The fourth-order valence-corrected chi connectivity index (χ4v) is 1.53. The monoisotopic (exact) mass is 162 g/mol. The predicted molar refractivity (Wildman–Crippen MR) is 49.0 cm³/mol. The molecule has 0 unspecified atom stereocenters. The van der Waals surface area contributed by atoms with Crippen molar-refractivity contribution in [1.82, 2.24) is 10.3 Å². The maximum atomic E-state index is 4.37. The summed E-state index contributed by atoms with van der Waals surface area (Å²) in [4.78, 5) is 4.37. The Hall–Kier alpha value is -0.890. The van der Waals surface area contributed by atoms with Crippen LogP contribution in [0.4, 0.5) is 0 Å². The average Bonchev–Trinajstić information content (AvgIpc) is 2.89. The molecule has 64 valence electrons. The van der Waals surface area contributed by atoms with Crippen LogP contribution in [-0.4, -0.2) is 12.0 Å². The number of nitrogens with zero attached hydrogens (tertiary/aromatic N) is 1. The third-order valence-electron chi connectivity index (χ3n) is 2.29. The molecule has 12 heavy (non-hydrogen) atoms. The average molecular weight is 162 g/mol. The van der Waals surface area contributed by atoms with Gasteiger partial charge >= 0.3 is 0 Å². The van der Waals surface area contributed by atoms with Crippen molar-refractivity contribution in [2.24, 2.45) is 0 Å². The summed E-state index contributed by atoms with van der Waals surface area (Å²) >= 11 is 0. The molecule has 1 aromatic rings. The van der Waals surface area contributed by atoms with Crippen LogP contribution in [0.15, 0.2) is 18.3 Å². The van der Waals surface area contributed by atoms with Gasteiger partial charge in [0.1, 0.15) is 0 Å². The molecule has 2 heteroatoms. The van der Waals surface area contributed by atoms with Gasteiger partial charge in [0.2, 0.25) is 0 Å². The Morgan fingerprint density at radius 1 is 1.58 bits per heavy atom. The third kappa shape index (κ3) is 1.48. The van der Waals surface area contributed by atoms with E-state index in [2.05, 4.69) is 16.4 Å². The van der Waals surface area contributed by atoms with Gasteiger partial charge in [-0.2, -0.15) is 0 Å². The minimum absolute atomic E-state index is 0.807. The van der Waals surface area contributed by atoms with E-state index in [0.717, 1.165) is 12.5 Å². The molecule has 1 heterocycles. The minimum atomic E-state index is 0.807. The molecular weight excluding hydrogens is 148 g/mol. The maximum Gasteiger partial charge on any atom is 0.0576 e. The summed E-state index contributed by atoms with van der Waals surface area (Å²) in [5.41, 5.74) is 2.68. The highest BCUT2D eigenvalue weighted by Crippen LogP contribution is 2.40. The lowest BCUT2D eigenvalue weighted by atomic mass is 10.1. The van der Waals surface area contributed by atoms with Gasteiger partial charge in [-0.25, -0.2) is 0 Å². The molecule has 0 atom stereocenters. The van der Waals surface area contributed by atoms with Crippen LogP contribution < -0.4 is 5.32 Å². The number of pyridine rings is 1. The number of hydrogen-bond donors (Lipinski definition) is 1. The largest absolute Gasteiger partial charge is 0.314 e. The Bertz CT molecular complexity index is 266. The predicted octanol–water partition coefficient (Wildman–Crippen LogP) is 1.68. The Kier molecular flexibility index (Phi) is 2.09. The lowest BCUT2D eigenvalue weighted by molar-refractivity contribution is 0.775. The van der Waals surface area contributed by atoms with Crippen LogP contribution in [0.2, 0.25) is 0 Å². The van der Waals surface area contributed by atoms with Gasteiger partial charge in [-0.05, 0) is 37.4 Å². The van der Waals surface area contributed by atoms with E-state index in [1.165, 1.54) is 24.1 Å². The first-order valence-corrected chi connectivity index (χ1v) is 4.50. The van der Waals surface area contributed by atoms with E-state index in [0.29, 0.717) is 0 Å². The summed E-state index contributed by atoms with van der Waals surface area (Å²) in [5, 5.41) is 3.14. The van der Waals surface area contributed by atoms with Crippen LogP contribution in [-0.2, 0) is 6.54 Å². The van der Waals surface area contributed by atoms with Gasteiger partial charge in [0, 0.05) is 12.7 Å². The zero-order valence-corrected chi connectivity index (χ0v) is 7.38. The van der Waals surface area contributed by atoms with E-state index in [9.17, 15) is 0 Å². The smallest absolute Gasteiger partial charge is 0.0576 e. The van der Waals surface area contributed by atoms with Gasteiger partial charge in [-0.3, -0.25) is 4.98 Å². The Morgan fingerprint density at radius 3 is 3.08 bits per heavy atom. The topological polar surface area (TPSA) is 24.9 Å². The van der Waals surface area contributed by atoms with Gasteiger partial charge in [0.15, 0.2) is 0 Å². The fourth-order valence-electron chi connectivity index (χ4n) is 1.53. The van der Waals surface area contributed by atoms with Crippen molar-refractivity contribution in [3.63, 3.8) is 0 Å². The van der Waals surface area contributed by atoms with E-state index in [-0.39, 0.29) is 0 Å². The molecule has 0 bridgehead atoms. The normalized spacial score (nSPS) is 16.4. The number of hydrogen-bond acceptors (Lipinski definition) is 2. The summed E-state index contributed by atoms with van der Waals surface area (Å²) in [5.74, 6) is 0.807. The molecule has 1 fully saturated rings. The zero-order valence-electron chi connectivity index (χ0n) is 7.38. The van der Waals surface area contributed by atoms with Gasteiger partial charge in [0.05, 0.1) is 5.69 Å². The summed E-state index contributed by atoms with van der Waals surface area (Å²) < 4.78 is 0. The van der Waals surface area contributed by atoms with E-state index < -0.39 is 0 Å². The highest BCUT2D eigenvalue weighted by molar-refractivity contribution is 5.27. The first-order valence-electron chi connectivity index (χ1n) is 4.50. The first kappa shape index (κ1) is 7.74. The van der Waals surface area contributed by atoms with Gasteiger partial charge < -0.3 is 5.32 Å². The molecule has 0 radical (unpaired) electrons. The van der Waals surface area contributed by atoms with E-state index >= 15 is 0 Å². The molecule has 1 aliphatic rings. The second kappa shape index (κ2) is 3.23. The quantitative estimate of drug-likeness (QED) is 0.731. The molecule has 1 saturated carbocycles. The van der Waals surface area contributed by atoms with Gasteiger partial charge in [-0.1, -0.05) is 6.07 Å². The molecule has 0 spiro atoms. The molecule has 2 rings (SSSR count). The Labute approximate surface area is 73.0 Å². The molecule has 1 N–H and O–H groups in total. The van der Waals surface area contributed by atoms with Crippen LogP contribution in [0.3, 0.4) is 0 Å². The molecular formula is C10H14N2. The first-order chi connectivity index (χ1) is 5.92. The Balaban J connectivity index is 2.24. The molecule has 0 saturated heterocycles. The number of aromatic nitrogens is 1. The lowest BCUT2D eigenvalue weighted by Gasteiger charge is -2.05. The SMILES string of the molecule is CNCc1ncccc1C1CC1. The van der Waals surface area contributed by atoms with Crippen molar-refractivity contribution in [3.8, 4) is 0 Å². The highest BCUT2D eigenvalue weighted by Gasteiger charge is 2.25. The second-order valence-electron chi connectivity index (χ2n) is 3.34. The molecule has 2 nitrogen and oxygen atoms in total. The number of rotatable bonds is 3. The highest BCUT2D eigenvalue weighted by atomic mass is 14.8. The Morgan fingerprint density at radius 2 is 2.42 bits per heavy atom.